The number of unbranched alkanes of at least 4 members (excludes halogenated alkanes) is 54. The zero-order valence-electron chi connectivity index (χ0n) is 54.3. The van der Waals surface area contributed by atoms with Crippen molar-refractivity contribution < 1.29 is 24.5 Å². The van der Waals surface area contributed by atoms with Gasteiger partial charge in [0.25, 0.3) is 0 Å². The van der Waals surface area contributed by atoms with Gasteiger partial charge in [0.2, 0.25) is 5.91 Å². The molecule has 2 unspecified atom stereocenters. The van der Waals surface area contributed by atoms with Crippen molar-refractivity contribution in [2.45, 2.75) is 424 Å². The number of carbonyl (C=O) groups excluding carboxylic acids is 2. The first kappa shape index (κ1) is 78.3. The number of ether oxygens (including phenoxy) is 1. The van der Waals surface area contributed by atoms with Gasteiger partial charge in [-0.2, -0.15) is 0 Å². The minimum atomic E-state index is -0.669. The van der Waals surface area contributed by atoms with E-state index in [1.165, 1.54) is 334 Å². The maximum atomic E-state index is 12.5. The maximum absolute atomic E-state index is 12.5. The second-order valence-corrected chi connectivity index (χ2v) is 25.3. The second kappa shape index (κ2) is 69.8. The maximum Gasteiger partial charge on any atom is 0.305 e. The van der Waals surface area contributed by atoms with E-state index >= 15 is 0 Å². The van der Waals surface area contributed by atoms with Crippen LogP contribution >= 0.6 is 0 Å². The van der Waals surface area contributed by atoms with Crippen LogP contribution in [0.25, 0.3) is 0 Å². The molecule has 0 aromatic rings. The molecule has 6 nitrogen and oxygen atoms in total. The lowest BCUT2D eigenvalue weighted by Gasteiger charge is -2.22. The second-order valence-electron chi connectivity index (χ2n) is 25.3. The first-order chi connectivity index (χ1) is 39.5. The minimum absolute atomic E-state index is 0.0144. The molecule has 474 valence electrons. The molecule has 2 atom stereocenters. The number of rotatable bonds is 69. The van der Waals surface area contributed by atoms with Crippen LogP contribution in [-0.2, 0) is 14.3 Å². The topological polar surface area (TPSA) is 95.9 Å². The molecule has 0 heterocycles. The number of carbonyl (C=O) groups is 2. The van der Waals surface area contributed by atoms with Crippen molar-refractivity contribution in [2.75, 3.05) is 13.2 Å². The third-order valence-electron chi connectivity index (χ3n) is 17.3. The Morgan fingerprint density at radius 3 is 0.950 bits per heavy atom. The van der Waals surface area contributed by atoms with E-state index < -0.39 is 12.1 Å². The van der Waals surface area contributed by atoms with Gasteiger partial charge in [-0.1, -0.05) is 366 Å². The number of hydrogen-bond donors (Lipinski definition) is 3. The lowest BCUT2D eigenvalue weighted by Crippen LogP contribution is -2.45. The van der Waals surface area contributed by atoms with Gasteiger partial charge in [0.15, 0.2) is 0 Å². The molecule has 0 spiro atoms. The predicted octanol–water partition coefficient (Wildman–Crippen LogP) is 23.7. The minimum Gasteiger partial charge on any atom is -0.466 e. The van der Waals surface area contributed by atoms with E-state index in [4.69, 9.17) is 4.74 Å². The van der Waals surface area contributed by atoms with Gasteiger partial charge in [0.05, 0.1) is 25.4 Å². The highest BCUT2D eigenvalue weighted by molar-refractivity contribution is 5.76. The fraction of sp³-hybridized carbons (Fsp3) is 0.919. The van der Waals surface area contributed by atoms with Gasteiger partial charge in [-0.05, 0) is 57.8 Å². The summed E-state index contributed by atoms with van der Waals surface area (Å²) >= 11 is 0. The van der Waals surface area contributed by atoms with E-state index in [9.17, 15) is 19.8 Å². The number of aliphatic hydroxyl groups is 2. The van der Waals surface area contributed by atoms with Gasteiger partial charge in [-0.25, -0.2) is 0 Å². The lowest BCUT2D eigenvalue weighted by molar-refractivity contribution is -0.143. The van der Waals surface area contributed by atoms with Crippen molar-refractivity contribution in [1.82, 2.24) is 5.32 Å². The van der Waals surface area contributed by atoms with Gasteiger partial charge in [0.1, 0.15) is 0 Å². The van der Waals surface area contributed by atoms with Crippen LogP contribution in [0.2, 0.25) is 0 Å². The van der Waals surface area contributed by atoms with Crippen molar-refractivity contribution in [3.63, 3.8) is 0 Å². The van der Waals surface area contributed by atoms with Crippen molar-refractivity contribution in [2.24, 2.45) is 0 Å². The number of allylic oxidation sites excluding steroid dienone is 4. The molecule has 0 aliphatic heterocycles. The summed E-state index contributed by atoms with van der Waals surface area (Å²) in [5.74, 6) is -0.0224. The summed E-state index contributed by atoms with van der Waals surface area (Å²) in [5, 5.41) is 23.4. The van der Waals surface area contributed by atoms with Crippen LogP contribution in [0.1, 0.15) is 412 Å². The molecule has 0 aliphatic rings. The van der Waals surface area contributed by atoms with E-state index in [0.717, 1.165) is 44.9 Å². The molecule has 1 amide bonds. The Morgan fingerprint density at radius 1 is 0.350 bits per heavy atom. The van der Waals surface area contributed by atoms with Crippen molar-refractivity contribution in [3.05, 3.63) is 24.3 Å². The molecule has 0 saturated heterocycles. The third-order valence-corrected chi connectivity index (χ3v) is 17.3. The number of aliphatic hydroxyl groups excluding tert-OH is 2. The summed E-state index contributed by atoms with van der Waals surface area (Å²) in [7, 11) is 0. The largest absolute Gasteiger partial charge is 0.466 e. The van der Waals surface area contributed by atoms with E-state index in [-0.39, 0.29) is 18.5 Å². The van der Waals surface area contributed by atoms with E-state index in [2.05, 4.69) is 43.5 Å². The molecule has 6 heteroatoms. The van der Waals surface area contributed by atoms with E-state index in [0.29, 0.717) is 25.9 Å². The average Bonchev–Trinajstić information content (AvgIpc) is 3.46. The molecule has 0 saturated carbocycles. The average molecular weight is 1130 g/mol. The fourth-order valence-electron chi connectivity index (χ4n) is 11.7. The summed E-state index contributed by atoms with van der Waals surface area (Å²) in [4.78, 5) is 24.7. The monoisotopic (exact) mass is 1130 g/mol. The number of hydrogen-bond acceptors (Lipinski definition) is 5. The Kier molecular flexibility index (Phi) is 68.4. The molecule has 80 heavy (non-hydrogen) atoms. The van der Waals surface area contributed by atoms with Gasteiger partial charge in [-0.3, -0.25) is 9.59 Å². The number of amides is 1. The zero-order chi connectivity index (χ0) is 57.8. The fourth-order valence-corrected chi connectivity index (χ4v) is 11.7. The lowest BCUT2D eigenvalue weighted by atomic mass is 10.0. The normalized spacial score (nSPS) is 12.6. The highest BCUT2D eigenvalue weighted by Gasteiger charge is 2.20. The summed E-state index contributed by atoms with van der Waals surface area (Å²) < 4.78 is 5.51. The molecule has 3 N–H and O–H groups in total. The van der Waals surface area contributed by atoms with Crippen LogP contribution in [0.3, 0.4) is 0 Å². The van der Waals surface area contributed by atoms with E-state index in [1.807, 2.05) is 0 Å². The van der Waals surface area contributed by atoms with Crippen LogP contribution in [0.5, 0.6) is 0 Å². The quantitative estimate of drug-likeness (QED) is 0.0320. The zero-order valence-corrected chi connectivity index (χ0v) is 54.3. The molecule has 0 aliphatic carbocycles. The molecule has 0 aromatic heterocycles. The summed E-state index contributed by atoms with van der Waals surface area (Å²) in [6.45, 7) is 4.99. The number of nitrogens with one attached hydrogen (secondary N) is 1. The van der Waals surface area contributed by atoms with Crippen LogP contribution < -0.4 is 5.32 Å². The first-order valence-corrected chi connectivity index (χ1v) is 36.6. The summed E-state index contributed by atoms with van der Waals surface area (Å²) in [6, 6.07) is -0.547. The highest BCUT2D eigenvalue weighted by Crippen LogP contribution is 2.19. The first-order valence-electron chi connectivity index (χ1n) is 36.6. The SMILES string of the molecule is CCCCCCCCCCCCCCCCCCCCCCC(O)C(CO)NC(=O)CCCCCCCCCCC/C=C\C/C=C\CCCCCCCCCCCOC(=O)CCCCCCCCCCCCCCCCCCCC. The number of esters is 1. The molecule has 0 bridgehead atoms. The summed E-state index contributed by atoms with van der Waals surface area (Å²) in [5.41, 5.74) is 0. The van der Waals surface area contributed by atoms with Crippen molar-refractivity contribution >= 4 is 11.9 Å². The Labute approximate surface area is 501 Å². The van der Waals surface area contributed by atoms with Crippen LogP contribution in [0, 0.1) is 0 Å². The third kappa shape index (κ3) is 65.5. The standard InChI is InChI=1S/C74H143NO5/c1-3-5-7-9-11-13-15-17-19-21-23-31-34-38-42-46-50-54-58-62-66-72(77)71(70-76)75-73(78)67-63-59-55-51-47-43-39-35-32-29-27-25-24-26-28-30-33-37-41-45-49-53-57-61-65-69-80-74(79)68-64-60-56-52-48-44-40-36-22-20-18-16-14-12-10-8-6-4-2/h25-28,71-72,76-77H,3-24,29-70H2,1-2H3,(H,75,78)/b27-25-,28-26-. The van der Waals surface area contributed by atoms with Gasteiger partial charge in [-0.15, -0.1) is 0 Å². The molecule has 0 fully saturated rings. The van der Waals surface area contributed by atoms with E-state index in [1.54, 1.807) is 0 Å². The van der Waals surface area contributed by atoms with Gasteiger partial charge >= 0.3 is 5.97 Å². The van der Waals surface area contributed by atoms with Crippen molar-refractivity contribution in [3.8, 4) is 0 Å². The van der Waals surface area contributed by atoms with Crippen LogP contribution in [-0.4, -0.2) is 47.4 Å². The van der Waals surface area contributed by atoms with Crippen LogP contribution in [0.15, 0.2) is 24.3 Å². The Hall–Kier alpha value is -1.66. The highest BCUT2D eigenvalue weighted by atomic mass is 16.5. The molecular weight excluding hydrogens is 983 g/mol. The van der Waals surface area contributed by atoms with Crippen LogP contribution in [0.4, 0.5) is 0 Å². The van der Waals surface area contributed by atoms with Gasteiger partial charge in [0, 0.05) is 12.8 Å². The molecule has 0 rings (SSSR count). The Morgan fingerprint density at radius 2 is 0.625 bits per heavy atom. The molecule has 0 aromatic carbocycles. The Bertz CT molecular complexity index is 1250. The Balaban J connectivity index is 3.41. The van der Waals surface area contributed by atoms with Gasteiger partial charge < -0.3 is 20.3 Å². The smallest absolute Gasteiger partial charge is 0.305 e. The summed E-state index contributed by atoms with van der Waals surface area (Å²) in [6.07, 6.45) is 88.0. The van der Waals surface area contributed by atoms with Crippen molar-refractivity contribution in [1.29, 1.82) is 0 Å². The molecular formula is C74H143NO5. The molecule has 0 radical (unpaired) electrons. The predicted molar refractivity (Wildman–Crippen MR) is 352 cm³/mol.